The van der Waals surface area contributed by atoms with Gasteiger partial charge in [0.1, 0.15) is 0 Å². The Morgan fingerprint density at radius 3 is 2.48 bits per heavy atom. The molecule has 1 N–H and O–H groups in total. The number of amides is 1. The molecule has 0 aliphatic rings. The highest BCUT2D eigenvalue weighted by Crippen LogP contribution is 2.12. The number of rotatable bonds is 10. The van der Waals surface area contributed by atoms with Crippen LogP contribution < -0.4 is 5.32 Å². The van der Waals surface area contributed by atoms with Crippen LogP contribution in [0.3, 0.4) is 0 Å². The van der Waals surface area contributed by atoms with E-state index in [1.165, 1.54) is 25.7 Å². The third-order valence-electron chi connectivity index (χ3n) is 3.87. The fraction of sp³-hybridized carbons (Fsp3) is 0.526. The largest absolute Gasteiger partial charge is 0.352 e. The number of benzene rings is 1. The zero-order chi connectivity index (χ0) is 15.5. The van der Waals surface area contributed by atoms with Gasteiger partial charge in [0.05, 0.1) is 0 Å². The molecule has 0 heterocycles. The van der Waals surface area contributed by atoms with Gasteiger partial charge in [-0.25, -0.2) is 0 Å². The molecule has 1 amide bonds. The monoisotopic (exact) mass is 287 g/mol. The number of hydrogen-bond donors (Lipinski definition) is 1. The maximum atomic E-state index is 12.0. The van der Waals surface area contributed by atoms with Gasteiger partial charge in [-0.15, -0.1) is 0 Å². The molecule has 116 valence electrons. The number of unbranched alkanes of at least 4 members (excludes halogenated alkanes) is 4. The normalized spacial score (nSPS) is 11.9. The van der Waals surface area contributed by atoms with Crippen LogP contribution in [0, 0.1) is 5.92 Å². The molecule has 0 aliphatic carbocycles. The maximum absolute atomic E-state index is 12.0. The van der Waals surface area contributed by atoms with Gasteiger partial charge < -0.3 is 5.32 Å². The molecule has 0 aliphatic heterocycles. The minimum atomic E-state index is 0.110. The molecule has 1 unspecified atom stereocenters. The van der Waals surface area contributed by atoms with Crippen molar-refractivity contribution in [1.29, 1.82) is 0 Å². The van der Waals surface area contributed by atoms with E-state index in [1.54, 1.807) is 0 Å². The molecule has 2 nitrogen and oxygen atoms in total. The van der Waals surface area contributed by atoms with Gasteiger partial charge in [0.15, 0.2) is 0 Å². The van der Waals surface area contributed by atoms with Crippen molar-refractivity contribution in [3.8, 4) is 0 Å². The zero-order valence-electron chi connectivity index (χ0n) is 13.5. The minimum absolute atomic E-state index is 0.110. The summed E-state index contributed by atoms with van der Waals surface area (Å²) in [5, 5.41) is 3.02. The first-order valence-corrected chi connectivity index (χ1v) is 8.16. The van der Waals surface area contributed by atoms with Crippen molar-refractivity contribution in [3.63, 3.8) is 0 Å². The van der Waals surface area contributed by atoms with Crippen LogP contribution in [0.25, 0.3) is 6.08 Å². The molecule has 1 rings (SSSR count). The molecule has 1 atom stereocenters. The summed E-state index contributed by atoms with van der Waals surface area (Å²) in [5.74, 6) is 0.275. The first kappa shape index (κ1) is 17.5. The van der Waals surface area contributed by atoms with Crippen molar-refractivity contribution in [2.24, 2.45) is 5.92 Å². The van der Waals surface area contributed by atoms with Crippen LogP contribution >= 0.6 is 0 Å². The molecule has 0 fully saturated rings. The van der Waals surface area contributed by atoms with Crippen molar-refractivity contribution >= 4 is 12.0 Å². The lowest BCUT2D eigenvalue weighted by Gasteiger charge is -2.12. The highest BCUT2D eigenvalue weighted by molar-refractivity contribution is 5.78. The van der Waals surface area contributed by atoms with Gasteiger partial charge in [-0.05, 0) is 17.5 Å². The second-order valence-corrected chi connectivity index (χ2v) is 5.77. The second kappa shape index (κ2) is 10.2. The topological polar surface area (TPSA) is 29.1 Å². The zero-order valence-corrected chi connectivity index (χ0v) is 13.5. The summed E-state index contributed by atoms with van der Waals surface area (Å²) in [5.41, 5.74) is 2.23. The first-order valence-electron chi connectivity index (χ1n) is 8.16. The van der Waals surface area contributed by atoms with E-state index in [9.17, 15) is 4.79 Å². The average molecular weight is 287 g/mol. The van der Waals surface area contributed by atoms with Gasteiger partial charge in [-0.2, -0.15) is 0 Å². The number of hydrogen-bond acceptors (Lipinski definition) is 1. The van der Waals surface area contributed by atoms with E-state index in [-0.39, 0.29) is 11.8 Å². The summed E-state index contributed by atoms with van der Waals surface area (Å²) < 4.78 is 0. The quantitative estimate of drug-likeness (QED) is 0.607. The van der Waals surface area contributed by atoms with E-state index in [2.05, 4.69) is 18.8 Å². The van der Waals surface area contributed by atoms with Crippen LogP contribution in [0.4, 0.5) is 0 Å². The van der Waals surface area contributed by atoms with E-state index >= 15 is 0 Å². The van der Waals surface area contributed by atoms with E-state index in [0.29, 0.717) is 6.54 Å². The molecule has 0 saturated heterocycles. The van der Waals surface area contributed by atoms with Gasteiger partial charge in [0.2, 0.25) is 5.91 Å². The summed E-state index contributed by atoms with van der Waals surface area (Å²) in [4.78, 5) is 12.0. The molecule has 0 bridgehead atoms. The smallest absolute Gasteiger partial charge is 0.223 e. The van der Waals surface area contributed by atoms with Gasteiger partial charge in [-0.3, -0.25) is 4.79 Å². The Bertz CT molecular complexity index is 422. The fourth-order valence-corrected chi connectivity index (χ4v) is 2.32. The second-order valence-electron chi connectivity index (χ2n) is 5.77. The third kappa shape index (κ3) is 7.12. The van der Waals surface area contributed by atoms with Gasteiger partial charge in [0.25, 0.3) is 0 Å². The fourth-order valence-electron chi connectivity index (χ4n) is 2.32. The predicted molar refractivity (Wildman–Crippen MR) is 90.9 cm³/mol. The molecule has 0 spiro atoms. The minimum Gasteiger partial charge on any atom is -0.352 e. The molecule has 1 aromatic rings. The third-order valence-corrected chi connectivity index (χ3v) is 3.87. The molecule has 1 aromatic carbocycles. The molecule has 0 radical (unpaired) electrons. The Balaban J connectivity index is 2.23. The summed E-state index contributed by atoms with van der Waals surface area (Å²) in [7, 11) is 0. The average Bonchev–Trinajstić information content (AvgIpc) is 2.52. The lowest BCUT2D eigenvalue weighted by atomic mass is 10.0. The Kier molecular flexibility index (Phi) is 8.49. The van der Waals surface area contributed by atoms with Crippen LogP contribution in [0.15, 0.2) is 30.8 Å². The van der Waals surface area contributed by atoms with Crippen molar-refractivity contribution in [1.82, 2.24) is 5.32 Å². The van der Waals surface area contributed by atoms with Gasteiger partial charge >= 0.3 is 0 Å². The number of carbonyl (C=O) groups excluding carboxylic acids is 1. The van der Waals surface area contributed by atoms with E-state index in [1.807, 2.05) is 37.3 Å². The molecular weight excluding hydrogens is 258 g/mol. The molecule has 21 heavy (non-hydrogen) atoms. The maximum Gasteiger partial charge on any atom is 0.223 e. The SMILES string of the molecule is C=Cc1ccc(CNC(=O)C(C)CCCCCCC)cc1. The van der Waals surface area contributed by atoms with Crippen LogP contribution in [-0.2, 0) is 11.3 Å². The summed E-state index contributed by atoms with van der Waals surface area (Å²) in [6.45, 7) is 8.59. The highest BCUT2D eigenvalue weighted by atomic mass is 16.1. The summed E-state index contributed by atoms with van der Waals surface area (Å²) in [6.07, 6.45) is 9.08. The lowest BCUT2D eigenvalue weighted by molar-refractivity contribution is -0.124. The Hall–Kier alpha value is -1.57. The standard InChI is InChI=1S/C19H29NO/c1-4-6-7-8-9-10-16(3)19(21)20-15-18-13-11-17(5-2)12-14-18/h5,11-14,16H,2,4,6-10,15H2,1,3H3,(H,20,21). The van der Waals surface area contributed by atoms with Crippen molar-refractivity contribution in [2.45, 2.75) is 58.9 Å². The Labute approximate surface area is 129 Å². The highest BCUT2D eigenvalue weighted by Gasteiger charge is 2.11. The molecule has 2 heteroatoms. The molecule has 0 saturated carbocycles. The number of carbonyl (C=O) groups is 1. The number of nitrogens with one attached hydrogen (secondary N) is 1. The van der Waals surface area contributed by atoms with Crippen molar-refractivity contribution in [2.75, 3.05) is 0 Å². The van der Waals surface area contributed by atoms with E-state index in [4.69, 9.17) is 0 Å². The van der Waals surface area contributed by atoms with Crippen LogP contribution in [-0.4, -0.2) is 5.91 Å². The van der Waals surface area contributed by atoms with Gasteiger partial charge in [-0.1, -0.05) is 82.9 Å². The molecular formula is C19H29NO. The Morgan fingerprint density at radius 2 is 1.86 bits per heavy atom. The lowest BCUT2D eigenvalue weighted by Crippen LogP contribution is -2.28. The first-order chi connectivity index (χ1) is 10.2. The van der Waals surface area contributed by atoms with Gasteiger partial charge in [0, 0.05) is 12.5 Å². The van der Waals surface area contributed by atoms with E-state index in [0.717, 1.165) is 24.0 Å². The van der Waals surface area contributed by atoms with Crippen LogP contribution in [0.1, 0.15) is 63.5 Å². The summed E-state index contributed by atoms with van der Waals surface area (Å²) in [6, 6.07) is 8.11. The van der Waals surface area contributed by atoms with E-state index < -0.39 is 0 Å². The summed E-state index contributed by atoms with van der Waals surface area (Å²) >= 11 is 0. The van der Waals surface area contributed by atoms with Crippen LogP contribution in [0.2, 0.25) is 0 Å². The predicted octanol–water partition coefficient (Wildman–Crippen LogP) is 4.94. The van der Waals surface area contributed by atoms with Crippen molar-refractivity contribution < 1.29 is 4.79 Å². The van der Waals surface area contributed by atoms with Crippen molar-refractivity contribution in [3.05, 3.63) is 42.0 Å². The van der Waals surface area contributed by atoms with Crippen LogP contribution in [0.5, 0.6) is 0 Å². The molecule has 0 aromatic heterocycles. The Morgan fingerprint density at radius 1 is 1.19 bits per heavy atom.